The average Bonchev–Trinajstić information content (AvgIpc) is 2.32. The van der Waals surface area contributed by atoms with Crippen molar-refractivity contribution in [2.24, 2.45) is 11.5 Å². The zero-order chi connectivity index (χ0) is 11.6. The molecular formula is C10H22N2S4. The Labute approximate surface area is 116 Å². The predicted molar refractivity (Wildman–Crippen MR) is 85.3 cm³/mol. The topological polar surface area (TPSA) is 52.0 Å². The number of rotatable bonds is 8. The summed E-state index contributed by atoms with van der Waals surface area (Å²) in [4.78, 5) is 0. The fourth-order valence-electron chi connectivity index (χ4n) is 1.37. The van der Waals surface area contributed by atoms with Crippen molar-refractivity contribution in [1.82, 2.24) is 0 Å². The lowest BCUT2D eigenvalue weighted by Gasteiger charge is -2.27. The first-order chi connectivity index (χ1) is 7.86. The molecule has 0 spiro atoms. The van der Waals surface area contributed by atoms with Crippen molar-refractivity contribution in [2.45, 2.75) is 10.5 Å². The predicted octanol–water partition coefficient (Wildman–Crippen LogP) is 1.59. The van der Waals surface area contributed by atoms with E-state index < -0.39 is 0 Å². The molecule has 6 heteroatoms. The van der Waals surface area contributed by atoms with E-state index in [9.17, 15) is 0 Å². The fraction of sp³-hybridized carbons (Fsp3) is 1.00. The molecule has 1 aliphatic heterocycles. The molecule has 1 aliphatic rings. The van der Waals surface area contributed by atoms with Gasteiger partial charge in [0.05, 0.1) is 0 Å². The van der Waals surface area contributed by atoms with Gasteiger partial charge in [0, 0.05) is 58.1 Å². The molecule has 0 aromatic rings. The standard InChI is InChI=1S/C10H22N2S4/c11-1-3-13-5-9-7-16-10(8-15-9)6-14-4-2-12/h9-10H,1-8,11-12H2. The minimum atomic E-state index is 0.813. The van der Waals surface area contributed by atoms with Crippen LogP contribution in [0.25, 0.3) is 0 Å². The fourth-order valence-corrected chi connectivity index (χ4v) is 6.90. The van der Waals surface area contributed by atoms with Crippen LogP contribution < -0.4 is 11.5 Å². The molecule has 2 unspecified atom stereocenters. The molecule has 2 nitrogen and oxygen atoms in total. The molecule has 1 heterocycles. The van der Waals surface area contributed by atoms with E-state index in [1.165, 1.54) is 23.0 Å². The van der Waals surface area contributed by atoms with Crippen molar-refractivity contribution in [2.75, 3.05) is 47.6 Å². The van der Waals surface area contributed by atoms with Gasteiger partial charge in [-0.05, 0) is 0 Å². The molecule has 1 rings (SSSR count). The lowest BCUT2D eigenvalue weighted by Crippen LogP contribution is -2.25. The van der Waals surface area contributed by atoms with Gasteiger partial charge in [-0.2, -0.15) is 47.0 Å². The first-order valence-corrected chi connectivity index (χ1v) is 10.1. The van der Waals surface area contributed by atoms with Crippen molar-refractivity contribution >= 4 is 47.0 Å². The quantitative estimate of drug-likeness (QED) is 0.664. The Bertz CT molecular complexity index is 145. The van der Waals surface area contributed by atoms with Crippen molar-refractivity contribution < 1.29 is 0 Å². The summed E-state index contributed by atoms with van der Waals surface area (Å²) in [6.45, 7) is 1.63. The maximum absolute atomic E-state index is 5.49. The Morgan fingerprint density at radius 1 is 0.875 bits per heavy atom. The highest BCUT2D eigenvalue weighted by Gasteiger charge is 2.21. The minimum absolute atomic E-state index is 0.813. The second-order valence-corrected chi connectivity index (χ2v) is 8.60. The zero-order valence-electron chi connectivity index (χ0n) is 9.60. The summed E-state index contributed by atoms with van der Waals surface area (Å²) in [5, 5.41) is 1.69. The van der Waals surface area contributed by atoms with Gasteiger partial charge in [0.15, 0.2) is 0 Å². The molecular weight excluding hydrogens is 276 g/mol. The Hall–Kier alpha value is 1.32. The average molecular weight is 299 g/mol. The van der Waals surface area contributed by atoms with Gasteiger partial charge < -0.3 is 11.5 Å². The largest absolute Gasteiger partial charge is 0.330 e. The summed E-state index contributed by atoms with van der Waals surface area (Å²) in [7, 11) is 0. The Balaban J connectivity index is 2.00. The minimum Gasteiger partial charge on any atom is -0.330 e. The summed E-state index contributed by atoms with van der Waals surface area (Å²) < 4.78 is 0. The maximum atomic E-state index is 5.49. The number of hydrogen-bond acceptors (Lipinski definition) is 6. The van der Waals surface area contributed by atoms with E-state index in [1.807, 2.05) is 23.5 Å². The third kappa shape index (κ3) is 6.91. The molecule has 0 amide bonds. The first-order valence-electron chi connectivity index (χ1n) is 5.65. The van der Waals surface area contributed by atoms with Crippen LogP contribution in [0.2, 0.25) is 0 Å². The number of hydrogen-bond donors (Lipinski definition) is 2. The van der Waals surface area contributed by atoms with Crippen LogP contribution in [0.4, 0.5) is 0 Å². The second kappa shape index (κ2) is 10.3. The molecule has 0 bridgehead atoms. The van der Waals surface area contributed by atoms with E-state index in [2.05, 4.69) is 23.5 Å². The van der Waals surface area contributed by atoms with Gasteiger partial charge in [-0.3, -0.25) is 0 Å². The first kappa shape index (κ1) is 15.4. The third-order valence-corrected chi connectivity index (χ3v) is 8.14. The van der Waals surface area contributed by atoms with E-state index in [0.717, 1.165) is 35.1 Å². The summed E-state index contributed by atoms with van der Waals surface area (Å²) in [6, 6.07) is 0. The summed E-state index contributed by atoms with van der Waals surface area (Å²) >= 11 is 8.31. The van der Waals surface area contributed by atoms with E-state index in [-0.39, 0.29) is 0 Å². The maximum Gasteiger partial charge on any atom is 0.0229 e. The Morgan fingerprint density at radius 2 is 1.31 bits per heavy atom. The monoisotopic (exact) mass is 298 g/mol. The van der Waals surface area contributed by atoms with Gasteiger partial charge in [0.1, 0.15) is 0 Å². The summed E-state index contributed by atoms with van der Waals surface area (Å²) in [5.74, 6) is 7.40. The van der Waals surface area contributed by atoms with Crippen LogP contribution >= 0.6 is 47.0 Å². The van der Waals surface area contributed by atoms with Crippen LogP contribution in [-0.2, 0) is 0 Å². The molecule has 0 radical (unpaired) electrons. The zero-order valence-corrected chi connectivity index (χ0v) is 12.9. The molecule has 0 aromatic heterocycles. The van der Waals surface area contributed by atoms with Gasteiger partial charge in [-0.15, -0.1) is 0 Å². The summed E-state index contributed by atoms with van der Waals surface area (Å²) in [6.07, 6.45) is 0. The smallest absolute Gasteiger partial charge is 0.0229 e. The molecule has 2 atom stereocenters. The molecule has 0 saturated carbocycles. The van der Waals surface area contributed by atoms with Crippen LogP contribution in [0.1, 0.15) is 0 Å². The van der Waals surface area contributed by atoms with Crippen LogP contribution in [-0.4, -0.2) is 58.1 Å². The highest BCUT2D eigenvalue weighted by Crippen LogP contribution is 2.33. The molecule has 1 saturated heterocycles. The van der Waals surface area contributed by atoms with E-state index >= 15 is 0 Å². The molecule has 4 N–H and O–H groups in total. The van der Waals surface area contributed by atoms with Crippen LogP contribution in [0.3, 0.4) is 0 Å². The molecule has 16 heavy (non-hydrogen) atoms. The van der Waals surface area contributed by atoms with Crippen molar-refractivity contribution in [3.8, 4) is 0 Å². The summed E-state index contributed by atoms with van der Waals surface area (Å²) in [5.41, 5.74) is 11.0. The van der Waals surface area contributed by atoms with Crippen molar-refractivity contribution in [1.29, 1.82) is 0 Å². The normalized spacial score (nSPS) is 25.9. The van der Waals surface area contributed by atoms with Gasteiger partial charge in [0.25, 0.3) is 0 Å². The number of nitrogens with two attached hydrogens (primary N) is 2. The highest BCUT2D eigenvalue weighted by molar-refractivity contribution is 8.09. The van der Waals surface area contributed by atoms with E-state index in [4.69, 9.17) is 11.5 Å². The van der Waals surface area contributed by atoms with Gasteiger partial charge in [0.2, 0.25) is 0 Å². The second-order valence-electron chi connectivity index (χ2n) is 3.64. The lowest BCUT2D eigenvalue weighted by atomic mass is 10.5. The van der Waals surface area contributed by atoms with Gasteiger partial charge >= 0.3 is 0 Å². The van der Waals surface area contributed by atoms with Crippen LogP contribution in [0, 0.1) is 0 Å². The van der Waals surface area contributed by atoms with Gasteiger partial charge in [-0.25, -0.2) is 0 Å². The van der Waals surface area contributed by atoms with Crippen LogP contribution in [0.5, 0.6) is 0 Å². The molecule has 0 aromatic carbocycles. The lowest BCUT2D eigenvalue weighted by molar-refractivity contribution is 1.05. The van der Waals surface area contributed by atoms with E-state index in [1.54, 1.807) is 0 Å². The van der Waals surface area contributed by atoms with Gasteiger partial charge in [-0.1, -0.05) is 0 Å². The third-order valence-electron chi connectivity index (χ3n) is 2.17. The van der Waals surface area contributed by atoms with Crippen molar-refractivity contribution in [3.63, 3.8) is 0 Å². The Kier molecular flexibility index (Phi) is 9.86. The molecule has 96 valence electrons. The van der Waals surface area contributed by atoms with E-state index in [0.29, 0.717) is 0 Å². The molecule has 0 aliphatic carbocycles. The van der Waals surface area contributed by atoms with Crippen molar-refractivity contribution in [3.05, 3.63) is 0 Å². The molecule has 1 fully saturated rings. The van der Waals surface area contributed by atoms with Crippen LogP contribution in [0.15, 0.2) is 0 Å². The SMILES string of the molecule is NCCSCC1CSC(CSCCN)CS1. The highest BCUT2D eigenvalue weighted by atomic mass is 32.2. The number of thioether (sulfide) groups is 4. The Morgan fingerprint density at radius 3 is 1.62 bits per heavy atom.